The molecular formula is C38H51FN2O3S. The number of nitrogens with one attached hydrogen (secondary N) is 1. The summed E-state index contributed by atoms with van der Waals surface area (Å²) in [5.41, 5.74) is 4.31. The van der Waals surface area contributed by atoms with E-state index >= 15 is 0 Å². The summed E-state index contributed by atoms with van der Waals surface area (Å²) in [6.45, 7) is 5.44. The van der Waals surface area contributed by atoms with Crippen LogP contribution in [0.25, 0.3) is 0 Å². The lowest BCUT2D eigenvalue weighted by molar-refractivity contribution is 0.245. The number of sulfonamides is 1. The van der Waals surface area contributed by atoms with Crippen molar-refractivity contribution in [3.05, 3.63) is 88.7 Å². The molecule has 244 valence electrons. The number of unbranched alkanes of at least 4 members (excludes halogenated alkanes) is 5. The fourth-order valence-corrected chi connectivity index (χ4v) is 7.92. The SMILES string of the molecule is CCCCCCCCOc1ccc(CN2CCc3cc(S(=O)(=O)Nc4ccc(CCCC5CCCC5)cc4F)ccc3C2)cc1. The Morgan fingerprint density at radius 3 is 2.40 bits per heavy atom. The van der Waals surface area contributed by atoms with Crippen LogP contribution in [-0.4, -0.2) is 26.5 Å². The fraction of sp³-hybridized carbons (Fsp3) is 0.526. The van der Waals surface area contributed by atoms with Gasteiger partial charge in [0.25, 0.3) is 10.0 Å². The van der Waals surface area contributed by atoms with Crippen LogP contribution in [0.2, 0.25) is 0 Å². The third-order valence-corrected chi connectivity index (χ3v) is 10.9. The molecule has 0 atom stereocenters. The monoisotopic (exact) mass is 634 g/mol. The van der Waals surface area contributed by atoms with Gasteiger partial charge in [-0.2, -0.15) is 0 Å². The number of fused-ring (bicyclic) bond motifs is 1. The Balaban J connectivity index is 1.09. The van der Waals surface area contributed by atoms with Gasteiger partial charge in [0.2, 0.25) is 0 Å². The molecule has 5 nitrogen and oxygen atoms in total. The van der Waals surface area contributed by atoms with Gasteiger partial charge in [0, 0.05) is 19.6 Å². The summed E-state index contributed by atoms with van der Waals surface area (Å²) >= 11 is 0. The van der Waals surface area contributed by atoms with Crippen molar-refractivity contribution in [2.45, 2.75) is 115 Å². The predicted octanol–water partition coefficient (Wildman–Crippen LogP) is 9.44. The molecule has 2 aliphatic rings. The van der Waals surface area contributed by atoms with E-state index in [0.717, 1.165) is 80.3 Å². The Hall–Kier alpha value is -2.90. The molecule has 0 amide bonds. The molecule has 1 heterocycles. The number of aryl methyl sites for hydroxylation is 1. The molecule has 0 bridgehead atoms. The van der Waals surface area contributed by atoms with E-state index in [-0.39, 0.29) is 10.6 Å². The van der Waals surface area contributed by atoms with E-state index < -0.39 is 15.8 Å². The minimum atomic E-state index is -3.91. The average Bonchev–Trinajstić information content (AvgIpc) is 3.56. The van der Waals surface area contributed by atoms with Gasteiger partial charge in [-0.25, -0.2) is 12.8 Å². The summed E-state index contributed by atoms with van der Waals surface area (Å²) in [6.07, 6.45) is 16.7. The van der Waals surface area contributed by atoms with E-state index in [1.54, 1.807) is 18.2 Å². The Kier molecular flexibility index (Phi) is 12.3. The number of hydrogen-bond donors (Lipinski definition) is 1. The molecule has 0 spiro atoms. The minimum Gasteiger partial charge on any atom is -0.494 e. The molecule has 3 aromatic rings. The molecule has 1 fully saturated rings. The van der Waals surface area contributed by atoms with Crippen LogP contribution in [0.1, 0.15) is 106 Å². The summed E-state index contributed by atoms with van der Waals surface area (Å²) < 4.78 is 49.8. The van der Waals surface area contributed by atoms with Crippen LogP contribution >= 0.6 is 0 Å². The molecule has 1 aliphatic carbocycles. The van der Waals surface area contributed by atoms with Crippen molar-refractivity contribution < 1.29 is 17.5 Å². The molecule has 1 saturated carbocycles. The van der Waals surface area contributed by atoms with Gasteiger partial charge >= 0.3 is 0 Å². The van der Waals surface area contributed by atoms with Crippen molar-refractivity contribution in [3.63, 3.8) is 0 Å². The summed E-state index contributed by atoms with van der Waals surface area (Å²) in [7, 11) is -3.91. The first-order valence-electron chi connectivity index (χ1n) is 17.3. The molecule has 5 rings (SSSR count). The number of halogens is 1. The number of anilines is 1. The first kappa shape index (κ1) is 33.5. The lowest BCUT2D eigenvalue weighted by Gasteiger charge is -2.29. The van der Waals surface area contributed by atoms with Gasteiger partial charge in [-0.3, -0.25) is 9.62 Å². The van der Waals surface area contributed by atoms with Crippen LogP contribution in [-0.2, 0) is 36.0 Å². The van der Waals surface area contributed by atoms with E-state index in [4.69, 9.17) is 4.74 Å². The molecule has 45 heavy (non-hydrogen) atoms. The second-order valence-corrected chi connectivity index (χ2v) is 14.8. The topological polar surface area (TPSA) is 58.6 Å². The predicted molar refractivity (Wildman–Crippen MR) is 182 cm³/mol. The summed E-state index contributed by atoms with van der Waals surface area (Å²) in [5, 5.41) is 0. The van der Waals surface area contributed by atoms with Gasteiger partial charge in [-0.05, 0) is 90.3 Å². The minimum absolute atomic E-state index is 0.00253. The molecule has 3 aromatic carbocycles. The second-order valence-electron chi connectivity index (χ2n) is 13.1. The van der Waals surface area contributed by atoms with E-state index in [1.165, 1.54) is 75.8 Å². The van der Waals surface area contributed by atoms with Crippen LogP contribution in [0, 0.1) is 11.7 Å². The van der Waals surface area contributed by atoms with Crippen LogP contribution in [0.3, 0.4) is 0 Å². The maximum absolute atomic E-state index is 14.9. The fourth-order valence-electron chi connectivity index (χ4n) is 6.81. The van der Waals surface area contributed by atoms with Crippen molar-refractivity contribution in [3.8, 4) is 5.75 Å². The molecule has 1 aliphatic heterocycles. The number of nitrogens with zero attached hydrogens (tertiary/aromatic N) is 1. The third-order valence-electron chi connectivity index (χ3n) is 9.51. The summed E-state index contributed by atoms with van der Waals surface area (Å²) in [5.74, 6) is 1.21. The number of hydrogen-bond acceptors (Lipinski definition) is 4. The Bertz CT molecular complexity index is 1470. The van der Waals surface area contributed by atoms with Crippen molar-refractivity contribution >= 4 is 15.7 Å². The zero-order valence-corrected chi connectivity index (χ0v) is 27.9. The van der Waals surface area contributed by atoms with Gasteiger partial charge in [0.05, 0.1) is 17.2 Å². The Morgan fingerprint density at radius 1 is 0.867 bits per heavy atom. The maximum Gasteiger partial charge on any atom is 0.261 e. The van der Waals surface area contributed by atoms with Gasteiger partial charge < -0.3 is 4.74 Å². The third kappa shape index (κ3) is 10.0. The van der Waals surface area contributed by atoms with E-state index in [0.29, 0.717) is 0 Å². The van der Waals surface area contributed by atoms with Crippen molar-refractivity contribution in [2.24, 2.45) is 5.92 Å². The second kappa shape index (κ2) is 16.6. The smallest absolute Gasteiger partial charge is 0.261 e. The Labute approximate surface area is 270 Å². The van der Waals surface area contributed by atoms with Crippen LogP contribution in [0.4, 0.5) is 10.1 Å². The van der Waals surface area contributed by atoms with Crippen LogP contribution in [0.15, 0.2) is 65.6 Å². The van der Waals surface area contributed by atoms with Gasteiger partial charge in [-0.1, -0.05) is 95.4 Å². The van der Waals surface area contributed by atoms with Gasteiger partial charge in [-0.15, -0.1) is 0 Å². The van der Waals surface area contributed by atoms with Crippen LogP contribution in [0.5, 0.6) is 5.75 Å². The highest BCUT2D eigenvalue weighted by atomic mass is 32.2. The van der Waals surface area contributed by atoms with Crippen molar-refractivity contribution in [1.82, 2.24) is 4.90 Å². The first-order chi connectivity index (χ1) is 21.9. The number of ether oxygens (including phenoxy) is 1. The van der Waals surface area contributed by atoms with Crippen molar-refractivity contribution in [2.75, 3.05) is 17.9 Å². The largest absolute Gasteiger partial charge is 0.494 e. The van der Waals surface area contributed by atoms with Crippen molar-refractivity contribution in [1.29, 1.82) is 0 Å². The van der Waals surface area contributed by atoms with Gasteiger partial charge in [0.15, 0.2) is 0 Å². The number of benzene rings is 3. The zero-order chi connectivity index (χ0) is 31.5. The average molecular weight is 635 g/mol. The summed E-state index contributed by atoms with van der Waals surface area (Å²) in [6, 6.07) is 18.5. The quantitative estimate of drug-likeness (QED) is 0.150. The number of rotatable bonds is 17. The molecule has 1 N–H and O–H groups in total. The lowest BCUT2D eigenvalue weighted by atomic mass is 9.98. The highest BCUT2D eigenvalue weighted by Gasteiger charge is 2.22. The lowest BCUT2D eigenvalue weighted by Crippen LogP contribution is -2.30. The van der Waals surface area contributed by atoms with E-state index in [9.17, 15) is 12.8 Å². The molecule has 0 unspecified atom stereocenters. The van der Waals surface area contributed by atoms with Crippen LogP contribution < -0.4 is 9.46 Å². The summed E-state index contributed by atoms with van der Waals surface area (Å²) in [4.78, 5) is 2.55. The molecule has 0 radical (unpaired) electrons. The van der Waals surface area contributed by atoms with E-state index in [2.05, 4.69) is 40.8 Å². The molecule has 0 saturated heterocycles. The molecule has 7 heteroatoms. The molecule has 0 aromatic heterocycles. The first-order valence-corrected chi connectivity index (χ1v) is 18.7. The maximum atomic E-state index is 14.9. The highest BCUT2D eigenvalue weighted by Crippen LogP contribution is 2.30. The zero-order valence-electron chi connectivity index (χ0n) is 27.0. The van der Waals surface area contributed by atoms with Gasteiger partial charge in [0.1, 0.15) is 11.6 Å². The molecular weight excluding hydrogens is 583 g/mol. The van der Waals surface area contributed by atoms with E-state index in [1.807, 2.05) is 12.1 Å². The highest BCUT2D eigenvalue weighted by molar-refractivity contribution is 7.92. The normalized spacial score (nSPS) is 15.7. The standard InChI is InChI=1S/C38H51FN2O3S/c1-2-3-4-5-6-9-25-44-35-19-15-32(16-20-35)28-41-24-23-33-27-36(21-18-34(33)29-41)45(42,43)40-38-22-17-31(26-37(38)39)14-10-13-30-11-7-8-12-30/h15-22,26-27,30,40H,2-14,23-25,28-29H2,1H3. The Morgan fingerprint density at radius 2 is 1.62 bits per heavy atom.